The quantitative estimate of drug-likeness (QED) is 0.942. The molecule has 120 valence electrons. The summed E-state index contributed by atoms with van der Waals surface area (Å²) in [5, 5.41) is 3.14. The fourth-order valence-corrected chi connectivity index (χ4v) is 3.32. The van der Waals surface area contributed by atoms with Crippen LogP contribution in [0.15, 0.2) is 42.6 Å². The summed E-state index contributed by atoms with van der Waals surface area (Å²) < 4.78 is 5.19. The lowest BCUT2D eigenvalue weighted by atomic mass is 9.71. The van der Waals surface area contributed by atoms with Gasteiger partial charge < -0.3 is 10.1 Å². The second kappa shape index (κ2) is 6.03. The van der Waals surface area contributed by atoms with Crippen molar-refractivity contribution in [1.29, 1.82) is 0 Å². The van der Waals surface area contributed by atoms with Crippen molar-refractivity contribution in [3.05, 3.63) is 59.3 Å². The maximum absolute atomic E-state index is 12.6. The zero-order valence-electron chi connectivity index (χ0n) is 13.8. The molecule has 1 atom stereocenters. The van der Waals surface area contributed by atoms with Crippen LogP contribution in [0.25, 0.3) is 0 Å². The van der Waals surface area contributed by atoms with E-state index in [-0.39, 0.29) is 17.4 Å². The van der Waals surface area contributed by atoms with Gasteiger partial charge in [-0.1, -0.05) is 38.1 Å². The first kappa shape index (κ1) is 15.5. The first-order valence-corrected chi connectivity index (χ1v) is 7.92. The predicted octanol–water partition coefficient (Wildman–Crippen LogP) is 3.63. The summed E-state index contributed by atoms with van der Waals surface area (Å²) >= 11 is 0. The van der Waals surface area contributed by atoms with Crippen LogP contribution in [0.3, 0.4) is 0 Å². The molecule has 1 aliphatic carbocycles. The van der Waals surface area contributed by atoms with Crippen molar-refractivity contribution in [2.45, 2.75) is 38.1 Å². The minimum Gasteiger partial charge on any atom is -0.480 e. The third kappa shape index (κ3) is 2.93. The van der Waals surface area contributed by atoms with E-state index in [1.807, 2.05) is 6.07 Å². The molecule has 0 spiro atoms. The molecular formula is C19H22N2O2. The maximum Gasteiger partial charge on any atom is 0.257 e. The van der Waals surface area contributed by atoms with Crippen molar-refractivity contribution in [3.63, 3.8) is 0 Å². The molecule has 0 radical (unpaired) electrons. The van der Waals surface area contributed by atoms with Crippen LogP contribution in [0.2, 0.25) is 0 Å². The molecule has 2 aromatic rings. The van der Waals surface area contributed by atoms with Gasteiger partial charge in [-0.15, -0.1) is 0 Å². The lowest BCUT2D eigenvalue weighted by Gasteiger charge is -2.37. The van der Waals surface area contributed by atoms with Crippen LogP contribution in [0.1, 0.15) is 54.2 Å². The molecule has 0 saturated carbocycles. The Labute approximate surface area is 136 Å². The molecule has 1 unspecified atom stereocenters. The Bertz CT molecular complexity index is 725. The number of amides is 1. The fourth-order valence-electron chi connectivity index (χ4n) is 3.32. The molecule has 0 fully saturated rings. The lowest BCUT2D eigenvalue weighted by molar-refractivity contribution is 0.0925. The van der Waals surface area contributed by atoms with Gasteiger partial charge in [-0.25, -0.2) is 4.98 Å². The molecule has 4 heteroatoms. The Morgan fingerprint density at radius 1 is 1.26 bits per heavy atom. The number of pyridine rings is 1. The Morgan fingerprint density at radius 3 is 2.83 bits per heavy atom. The molecule has 0 aliphatic heterocycles. The van der Waals surface area contributed by atoms with Gasteiger partial charge in [0.05, 0.1) is 13.2 Å². The average Bonchev–Trinajstić information content (AvgIpc) is 2.57. The van der Waals surface area contributed by atoms with Crippen molar-refractivity contribution in [2.24, 2.45) is 0 Å². The molecule has 1 heterocycles. The van der Waals surface area contributed by atoms with E-state index < -0.39 is 0 Å². The standard InChI is InChI=1S/C19H22N2O2/c1-19(2)11-10-16(13-7-4-5-9-15(13)19)21-17(22)14-8-6-12-20-18(14)23-3/h4-9,12,16H,10-11H2,1-3H3,(H,21,22). The Morgan fingerprint density at radius 2 is 2.04 bits per heavy atom. The first-order chi connectivity index (χ1) is 11.0. The number of aromatic nitrogens is 1. The zero-order chi connectivity index (χ0) is 16.4. The van der Waals surface area contributed by atoms with Gasteiger partial charge in [0, 0.05) is 6.20 Å². The topological polar surface area (TPSA) is 51.2 Å². The van der Waals surface area contributed by atoms with Gasteiger partial charge >= 0.3 is 0 Å². The lowest BCUT2D eigenvalue weighted by Crippen LogP contribution is -2.35. The van der Waals surface area contributed by atoms with E-state index in [4.69, 9.17) is 4.74 Å². The summed E-state index contributed by atoms with van der Waals surface area (Å²) in [7, 11) is 1.53. The van der Waals surface area contributed by atoms with E-state index in [0.717, 1.165) is 12.8 Å². The number of methoxy groups -OCH3 is 1. The monoisotopic (exact) mass is 310 g/mol. The van der Waals surface area contributed by atoms with Crippen LogP contribution in [0, 0.1) is 0 Å². The van der Waals surface area contributed by atoms with Gasteiger partial charge in [0.25, 0.3) is 5.91 Å². The molecular weight excluding hydrogens is 288 g/mol. The summed E-state index contributed by atoms with van der Waals surface area (Å²) in [6.45, 7) is 4.52. The van der Waals surface area contributed by atoms with Gasteiger partial charge in [0.15, 0.2) is 0 Å². The number of nitrogens with zero attached hydrogens (tertiary/aromatic N) is 1. The number of carbonyl (C=O) groups is 1. The molecule has 1 aliphatic rings. The van der Waals surface area contributed by atoms with Gasteiger partial charge in [-0.3, -0.25) is 4.79 Å². The minimum absolute atomic E-state index is 0.0247. The van der Waals surface area contributed by atoms with Crippen molar-refractivity contribution in [2.75, 3.05) is 7.11 Å². The summed E-state index contributed by atoms with van der Waals surface area (Å²) in [5.41, 5.74) is 3.14. The minimum atomic E-state index is -0.144. The third-order valence-electron chi connectivity index (χ3n) is 4.64. The second-order valence-corrected chi connectivity index (χ2v) is 6.60. The molecule has 1 aromatic heterocycles. The van der Waals surface area contributed by atoms with Crippen LogP contribution in [0.4, 0.5) is 0 Å². The normalized spacial score (nSPS) is 18.8. The van der Waals surface area contributed by atoms with Gasteiger partial charge in [-0.05, 0) is 41.5 Å². The largest absolute Gasteiger partial charge is 0.480 e. The van der Waals surface area contributed by atoms with Crippen molar-refractivity contribution in [3.8, 4) is 5.88 Å². The summed E-state index contributed by atoms with van der Waals surface area (Å²) in [6.07, 6.45) is 3.59. The highest BCUT2D eigenvalue weighted by molar-refractivity contribution is 5.96. The van der Waals surface area contributed by atoms with E-state index in [1.54, 1.807) is 18.3 Å². The van der Waals surface area contributed by atoms with Crippen LogP contribution >= 0.6 is 0 Å². The Kier molecular flexibility index (Phi) is 4.07. The van der Waals surface area contributed by atoms with Gasteiger partial charge in [0.1, 0.15) is 5.56 Å². The van der Waals surface area contributed by atoms with Crippen LogP contribution < -0.4 is 10.1 Å². The van der Waals surface area contributed by atoms with Crippen molar-refractivity contribution < 1.29 is 9.53 Å². The number of hydrogen-bond acceptors (Lipinski definition) is 3. The van der Waals surface area contributed by atoms with E-state index in [1.165, 1.54) is 18.2 Å². The number of benzene rings is 1. The predicted molar refractivity (Wildman–Crippen MR) is 89.7 cm³/mol. The van der Waals surface area contributed by atoms with Crippen molar-refractivity contribution >= 4 is 5.91 Å². The van der Waals surface area contributed by atoms with E-state index in [9.17, 15) is 4.79 Å². The highest BCUT2D eigenvalue weighted by Crippen LogP contribution is 2.41. The number of nitrogens with one attached hydrogen (secondary N) is 1. The van der Waals surface area contributed by atoms with Crippen LogP contribution in [-0.2, 0) is 5.41 Å². The Balaban J connectivity index is 1.88. The Hall–Kier alpha value is -2.36. The molecule has 4 nitrogen and oxygen atoms in total. The molecule has 23 heavy (non-hydrogen) atoms. The molecule has 1 amide bonds. The highest BCUT2D eigenvalue weighted by Gasteiger charge is 2.33. The zero-order valence-corrected chi connectivity index (χ0v) is 13.8. The van der Waals surface area contributed by atoms with E-state index >= 15 is 0 Å². The maximum atomic E-state index is 12.6. The number of ether oxygens (including phenoxy) is 1. The molecule has 1 N–H and O–H groups in total. The smallest absolute Gasteiger partial charge is 0.257 e. The molecule has 1 aromatic carbocycles. The molecule has 0 saturated heterocycles. The summed E-state index contributed by atoms with van der Waals surface area (Å²) in [6, 6.07) is 11.9. The number of rotatable bonds is 3. The number of carbonyl (C=O) groups excluding carboxylic acids is 1. The van der Waals surface area contributed by atoms with Crippen molar-refractivity contribution in [1.82, 2.24) is 10.3 Å². The van der Waals surface area contributed by atoms with Gasteiger partial charge in [0.2, 0.25) is 5.88 Å². The summed E-state index contributed by atoms with van der Waals surface area (Å²) in [4.78, 5) is 16.7. The number of fused-ring (bicyclic) bond motifs is 1. The molecule has 0 bridgehead atoms. The van der Waals surface area contributed by atoms with Crippen LogP contribution in [0.5, 0.6) is 5.88 Å². The number of hydrogen-bond donors (Lipinski definition) is 1. The van der Waals surface area contributed by atoms with E-state index in [0.29, 0.717) is 11.4 Å². The summed E-state index contributed by atoms with van der Waals surface area (Å²) in [5.74, 6) is 0.212. The van der Waals surface area contributed by atoms with E-state index in [2.05, 4.69) is 42.3 Å². The average molecular weight is 310 g/mol. The van der Waals surface area contributed by atoms with Crippen LogP contribution in [-0.4, -0.2) is 18.0 Å². The highest BCUT2D eigenvalue weighted by atomic mass is 16.5. The first-order valence-electron chi connectivity index (χ1n) is 7.92. The molecule has 3 rings (SSSR count). The second-order valence-electron chi connectivity index (χ2n) is 6.60. The van der Waals surface area contributed by atoms with Gasteiger partial charge in [-0.2, -0.15) is 0 Å². The fraction of sp³-hybridized carbons (Fsp3) is 0.368. The third-order valence-corrected chi connectivity index (χ3v) is 4.64. The SMILES string of the molecule is COc1ncccc1C(=O)NC1CCC(C)(C)c2ccccc21.